The monoisotopic (exact) mass is 423 g/mol. The normalized spacial score (nSPS) is 12.7. The van der Waals surface area contributed by atoms with E-state index in [-0.39, 0.29) is 19.1 Å². The fourth-order valence-electron chi connectivity index (χ4n) is 2.98. The molecule has 0 bridgehead atoms. The Kier molecular flexibility index (Phi) is 6.99. The fraction of sp³-hybridized carbons (Fsp3) is 0.350. The predicted molar refractivity (Wildman–Crippen MR) is 106 cm³/mol. The van der Waals surface area contributed by atoms with Crippen LogP contribution in [0.5, 0.6) is 28.7 Å². The van der Waals surface area contributed by atoms with Crippen LogP contribution >= 0.6 is 0 Å². The zero-order valence-corrected chi connectivity index (χ0v) is 16.8. The zero-order valence-electron chi connectivity index (χ0n) is 16.8. The van der Waals surface area contributed by atoms with Gasteiger partial charge >= 0.3 is 6.61 Å². The second-order valence-corrected chi connectivity index (χ2v) is 6.12. The third-order valence-electron chi connectivity index (χ3n) is 4.37. The van der Waals surface area contributed by atoms with Crippen LogP contribution in [0.1, 0.15) is 11.1 Å². The molecular formula is C20H23F2N3O5. The maximum absolute atomic E-state index is 12.8. The van der Waals surface area contributed by atoms with Crippen LogP contribution in [0.25, 0.3) is 0 Å². The van der Waals surface area contributed by atoms with E-state index in [9.17, 15) is 8.78 Å². The molecule has 2 aromatic carbocycles. The SMILES string of the molecule is CN=C(NCc1cc2c(cc1OC(F)F)OCO2)NCc1cccc(OC)c1OC. The van der Waals surface area contributed by atoms with Gasteiger partial charge in [-0.05, 0) is 12.1 Å². The van der Waals surface area contributed by atoms with Gasteiger partial charge in [-0.15, -0.1) is 0 Å². The predicted octanol–water partition coefficient (Wildman–Crippen LogP) is 2.90. The minimum Gasteiger partial charge on any atom is -0.493 e. The number of hydrogen-bond acceptors (Lipinski definition) is 6. The number of halogens is 2. The molecule has 1 aliphatic heterocycles. The maximum Gasteiger partial charge on any atom is 0.387 e. The first-order valence-corrected chi connectivity index (χ1v) is 9.07. The largest absolute Gasteiger partial charge is 0.493 e. The Bertz CT molecular complexity index is 908. The van der Waals surface area contributed by atoms with Crippen molar-refractivity contribution in [2.45, 2.75) is 19.7 Å². The van der Waals surface area contributed by atoms with E-state index in [0.29, 0.717) is 41.1 Å². The van der Waals surface area contributed by atoms with E-state index >= 15 is 0 Å². The van der Waals surface area contributed by atoms with Crippen LogP contribution in [-0.2, 0) is 13.1 Å². The second-order valence-electron chi connectivity index (χ2n) is 6.12. The summed E-state index contributed by atoms with van der Waals surface area (Å²) in [5.74, 6) is 2.53. The van der Waals surface area contributed by atoms with Gasteiger partial charge in [0.05, 0.1) is 14.2 Å². The summed E-state index contributed by atoms with van der Waals surface area (Å²) in [4.78, 5) is 4.16. The molecule has 162 valence electrons. The summed E-state index contributed by atoms with van der Waals surface area (Å²) in [6.45, 7) is -2.34. The molecule has 3 rings (SSSR count). The van der Waals surface area contributed by atoms with Crippen molar-refractivity contribution in [3.8, 4) is 28.7 Å². The number of fused-ring (bicyclic) bond motifs is 1. The highest BCUT2D eigenvalue weighted by Gasteiger charge is 2.20. The van der Waals surface area contributed by atoms with Crippen LogP contribution in [-0.4, -0.2) is 40.6 Å². The number of nitrogens with one attached hydrogen (secondary N) is 2. The van der Waals surface area contributed by atoms with Gasteiger partial charge in [0, 0.05) is 37.3 Å². The van der Waals surface area contributed by atoms with E-state index in [1.54, 1.807) is 33.4 Å². The minimum absolute atomic E-state index is 0.00617. The average molecular weight is 423 g/mol. The van der Waals surface area contributed by atoms with E-state index in [1.165, 1.54) is 6.07 Å². The molecule has 8 nitrogen and oxygen atoms in total. The number of methoxy groups -OCH3 is 2. The molecule has 0 fully saturated rings. The first-order valence-electron chi connectivity index (χ1n) is 9.07. The Morgan fingerprint density at radius 3 is 2.37 bits per heavy atom. The van der Waals surface area contributed by atoms with Crippen LogP contribution in [0.3, 0.4) is 0 Å². The Balaban J connectivity index is 1.68. The van der Waals surface area contributed by atoms with Crippen molar-refractivity contribution >= 4 is 5.96 Å². The quantitative estimate of drug-likeness (QED) is 0.499. The summed E-state index contributed by atoms with van der Waals surface area (Å²) in [5, 5.41) is 6.23. The lowest BCUT2D eigenvalue weighted by atomic mass is 10.1. The van der Waals surface area contributed by atoms with Gasteiger partial charge in [0.15, 0.2) is 29.0 Å². The van der Waals surface area contributed by atoms with Gasteiger partial charge < -0.3 is 34.3 Å². The van der Waals surface area contributed by atoms with Crippen molar-refractivity contribution in [1.82, 2.24) is 10.6 Å². The number of alkyl halides is 2. The Hall–Kier alpha value is -3.43. The first kappa shape index (κ1) is 21.3. The smallest absolute Gasteiger partial charge is 0.387 e. The number of ether oxygens (including phenoxy) is 5. The van der Waals surface area contributed by atoms with Crippen molar-refractivity contribution in [1.29, 1.82) is 0 Å². The van der Waals surface area contributed by atoms with Gasteiger partial charge in [0.1, 0.15) is 5.75 Å². The van der Waals surface area contributed by atoms with E-state index in [4.69, 9.17) is 18.9 Å². The van der Waals surface area contributed by atoms with Crippen molar-refractivity contribution < 1.29 is 32.5 Å². The van der Waals surface area contributed by atoms with E-state index in [1.807, 2.05) is 12.1 Å². The fourth-order valence-corrected chi connectivity index (χ4v) is 2.98. The van der Waals surface area contributed by atoms with E-state index in [0.717, 1.165) is 5.56 Å². The van der Waals surface area contributed by atoms with Crippen LogP contribution < -0.4 is 34.3 Å². The molecule has 0 unspecified atom stereocenters. The average Bonchev–Trinajstić information content (AvgIpc) is 3.20. The number of nitrogens with zero attached hydrogens (tertiary/aromatic N) is 1. The molecule has 1 aliphatic rings. The lowest BCUT2D eigenvalue weighted by Crippen LogP contribution is -2.36. The second kappa shape index (κ2) is 9.86. The zero-order chi connectivity index (χ0) is 21.5. The lowest BCUT2D eigenvalue weighted by molar-refractivity contribution is -0.0505. The lowest BCUT2D eigenvalue weighted by Gasteiger charge is -2.17. The van der Waals surface area contributed by atoms with Gasteiger partial charge in [0.2, 0.25) is 6.79 Å². The molecule has 2 aromatic rings. The summed E-state index contributed by atoms with van der Waals surface area (Å²) < 4.78 is 51.5. The van der Waals surface area contributed by atoms with Crippen molar-refractivity contribution in [2.75, 3.05) is 28.1 Å². The van der Waals surface area contributed by atoms with Crippen molar-refractivity contribution in [3.05, 3.63) is 41.5 Å². The summed E-state index contributed by atoms with van der Waals surface area (Å²) in [6.07, 6.45) is 0. The topological polar surface area (TPSA) is 82.6 Å². The number of hydrogen-bond donors (Lipinski definition) is 2. The number of aliphatic imine (C=N–C) groups is 1. The standard InChI is InChI=1S/C20H23F2N3O5/c1-23-20(24-9-12-5-4-6-14(26-2)18(12)27-3)25-10-13-7-16-17(29-11-28-16)8-15(13)30-19(21)22/h4-8,19H,9-11H2,1-3H3,(H2,23,24,25). The minimum atomic E-state index is -2.96. The van der Waals surface area contributed by atoms with E-state index < -0.39 is 6.61 Å². The first-order chi connectivity index (χ1) is 14.5. The van der Waals surface area contributed by atoms with Crippen LogP contribution in [0.2, 0.25) is 0 Å². The highest BCUT2D eigenvalue weighted by Crippen LogP contribution is 2.38. The molecule has 30 heavy (non-hydrogen) atoms. The summed E-state index contributed by atoms with van der Waals surface area (Å²) in [7, 11) is 4.74. The molecule has 0 saturated carbocycles. The van der Waals surface area contributed by atoms with Gasteiger partial charge in [-0.1, -0.05) is 12.1 Å². The van der Waals surface area contributed by atoms with Gasteiger partial charge in [-0.2, -0.15) is 8.78 Å². The Morgan fingerprint density at radius 1 is 1.03 bits per heavy atom. The molecule has 0 amide bonds. The Morgan fingerprint density at radius 2 is 1.73 bits per heavy atom. The molecule has 0 radical (unpaired) electrons. The number of guanidine groups is 1. The van der Waals surface area contributed by atoms with Gasteiger partial charge in [-0.3, -0.25) is 4.99 Å². The number of para-hydroxylation sites is 1. The van der Waals surface area contributed by atoms with Crippen molar-refractivity contribution in [3.63, 3.8) is 0 Å². The number of rotatable bonds is 8. The molecule has 10 heteroatoms. The molecule has 0 spiro atoms. The molecule has 2 N–H and O–H groups in total. The third-order valence-corrected chi connectivity index (χ3v) is 4.37. The third kappa shape index (κ3) is 4.94. The number of benzene rings is 2. The molecule has 0 saturated heterocycles. The summed E-state index contributed by atoms with van der Waals surface area (Å²) in [5.41, 5.74) is 1.34. The molecule has 0 aromatic heterocycles. The van der Waals surface area contributed by atoms with Crippen molar-refractivity contribution in [2.24, 2.45) is 4.99 Å². The van der Waals surface area contributed by atoms with Crippen LogP contribution in [0, 0.1) is 0 Å². The molecule has 0 atom stereocenters. The Labute approximate surface area is 172 Å². The van der Waals surface area contributed by atoms with Crippen LogP contribution in [0.4, 0.5) is 8.78 Å². The summed E-state index contributed by atoms with van der Waals surface area (Å²) in [6, 6.07) is 8.55. The molecule has 0 aliphatic carbocycles. The molecule has 1 heterocycles. The highest BCUT2D eigenvalue weighted by molar-refractivity contribution is 5.79. The van der Waals surface area contributed by atoms with Crippen LogP contribution in [0.15, 0.2) is 35.3 Å². The van der Waals surface area contributed by atoms with Gasteiger partial charge in [-0.25, -0.2) is 0 Å². The molecular weight excluding hydrogens is 400 g/mol. The van der Waals surface area contributed by atoms with Gasteiger partial charge in [0.25, 0.3) is 0 Å². The maximum atomic E-state index is 12.8. The highest BCUT2D eigenvalue weighted by atomic mass is 19.3. The summed E-state index contributed by atoms with van der Waals surface area (Å²) >= 11 is 0. The van der Waals surface area contributed by atoms with E-state index in [2.05, 4.69) is 20.4 Å².